The molecule has 0 atom stereocenters. The quantitative estimate of drug-likeness (QED) is 0.692. The Morgan fingerprint density at radius 1 is 1.07 bits per heavy atom. The van der Waals surface area contributed by atoms with Crippen LogP contribution >= 0.6 is 0 Å². The molecule has 0 saturated carbocycles. The van der Waals surface area contributed by atoms with Gasteiger partial charge in [0.05, 0.1) is 18.7 Å². The van der Waals surface area contributed by atoms with Gasteiger partial charge in [0.15, 0.2) is 5.82 Å². The molecule has 0 aliphatic rings. The second-order valence-electron chi connectivity index (χ2n) is 6.21. The number of oxazole rings is 1. The van der Waals surface area contributed by atoms with Crippen LogP contribution in [0.3, 0.4) is 0 Å². The maximum atomic E-state index is 12.1. The number of carbonyl (C=O) groups excluding carboxylic acids is 2. The Bertz CT molecular complexity index is 957. The van der Waals surface area contributed by atoms with Crippen molar-refractivity contribution in [2.75, 3.05) is 11.9 Å². The number of hydrogen-bond donors (Lipinski definition) is 2. The van der Waals surface area contributed by atoms with E-state index in [1.54, 1.807) is 19.9 Å². The lowest BCUT2D eigenvalue weighted by molar-refractivity contribution is -0.123. The number of hydrogen-bond acceptors (Lipinski definition) is 6. The van der Waals surface area contributed by atoms with Crippen LogP contribution in [-0.2, 0) is 16.0 Å². The van der Waals surface area contributed by atoms with Crippen molar-refractivity contribution >= 4 is 17.6 Å². The van der Waals surface area contributed by atoms with E-state index in [4.69, 9.17) is 8.94 Å². The Morgan fingerprint density at radius 2 is 1.81 bits per heavy atom. The summed E-state index contributed by atoms with van der Waals surface area (Å²) in [6.07, 6.45) is 0.0253. The summed E-state index contributed by atoms with van der Waals surface area (Å²) in [5.41, 5.74) is 2.52. The van der Waals surface area contributed by atoms with Crippen LogP contribution in [0.4, 0.5) is 5.82 Å². The van der Waals surface area contributed by atoms with E-state index in [9.17, 15) is 9.59 Å². The molecule has 140 valence electrons. The van der Waals surface area contributed by atoms with Crippen LogP contribution in [0.25, 0.3) is 11.5 Å². The second-order valence-corrected chi connectivity index (χ2v) is 6.21. The number of aromatic nitrogens is 2. The monoisotopic (exact) mass is 368 g/mol. The zero-order valence-corrected chi connectivity index (χ0v) is 15.3. The third-order valence-corrected chi connectivity index (χ3v) is 3.86. The summed E-state index contributed by atoms with van der Waals surface area (Å²) in [4.78, 5) is 28.3. The van der Waals surface area contributed by atoms with Gasteiger partial charge in [-0.2, -0.15) is 0 Å². The molecule has 0 bridgehead atoms. The van der Waals surface area contributed by atoms with Crippen LogP contribution in [0, 0.1) is 20.8 Å². The Morgan fingerprint density at radius 3 is 2.48 bits per heavy atom. The highest BCUT2D eigenvalue weighted by Crippen LogP contribution is 2.22. The minimum Gasteiger partial charge on any atom is -0.441 e. The SMILES string of the molecule is Cc1ccc(-c2nc(CC(=O)NCC(=O)Nc3cc(C)on3)c(C)o2)cc1. The first-order valence-electron chi connectivity index (χ1n) is 8.44. The van der Waals surface area contributed by atoms with Crippen molar-refractivity contribution in [3.8, 4) is 11.5 Å². The predicted octanol–water partition coefficient (Wildman–Crippen LogP) is 2.55. The average molecular weight is 368 g/mol. The number of carbonyl (C=O) groups is 2. The van der Waals surface area contributed by atoms with E-state index in [0.29, 0.717) is 28.9 Å². The smallest absolute Gasteiger partial charge is 0.245 e. The van der Waals surface area contributed by atoms with Crippen molar-refractivity contribution in [3.63, 3.8) is 0 Å². The molecule has 8 nitrogen and oxygen atoms in total. The Hall–Kier alpha value is -3.42. The summed E-state index contributed by atoms with van der Waals surface area (Å²) in [6.45, 7) is 5.30. The normalized spacial score (nSPS) is 10.6. The van der Waals surface area contributed by atoms with Crippen LogP contribution in [0.2, 0.25) is 0 Å². The van der Waals surface area contributed by atoms with Gasteiger partial charge in [0.25, 0.3) is 0 Å². The molecule has 0 saturated heterocycles. The highest BCUT2D eigenvalue weighted by molar-refractivity contribution is 5.94. The van der Waals surface area contributed by atoms with E-state index in [-0.39, 0.29) is 18.9 Å². The van der Waals surface area contributed by atoms with Crippen molar-refractivity contribution in [2.24, 2.45) is 0 Å². The molecule has 3 aromatic rings. The fourth-order valence-corrected chi connectivity index (χ4v) is 2.42. The lowest BCUT2D eigenvalue weighted by atomic mass is 10.1. The molecule has 0 spiro atoms. The molecular weight excluding hydrogens is 348 g/mol. The van der Waals surface area contributed by atoms with E-state index >= 15 is 0 Å². The highest BCUT2D eigenvalue weighted by Gasteiger charge is 2.15. The molecular formula is C19H20N4O4. The summed E-state index contributed by atoms with van der Waals surface area (Å²) in [5, 5.41) is 8.74. The number of nitrogens with one attached hydrogen (secondary N) is 2. The van der Waals surface area contributed by atoms with Gasteiger partial charge in [0, 0.05) is 11.6 Å². The van der Waals surface area contributed by atoms with E-state index in [0.717, 1.165) is 11.1 Å². The van der Waals surface area contributed by atoms with Crippen LogP contribution in [0.5, 0.6) is 0 Å². The van der Waals surface area contributed by atoms with Gasteiger partial charge in [-0.3, -0.25) is 9.59 Å². The molecule has 27 heavy (non-hydrogen) atoms. The third kappa shape index (κ3) is 4.81. The Labute approximate surface area is 156 Å². The van der Waals surface area contributed by atoms with Gasteiger partial charge < -0.3 is 19.6 Å². The first kappa shape index (κ1) is 18.4. The van der Waals surface area contributed by atoms with Crippen molar-refractivity contribution in [3.05, 3.63) is 53.1 Å². The molecule has 3 rings (SSSR count). The maximum Gasteiger partial charge on any atom is 0.245 e. The van der Waals surface area contributed by atoms with Crippen LogP contribution in [-0.4, -0.2) is 28.5 Å². The fraction of sp³-hybridized carbons (Fsp3) is 0.263. The van der Waals surface area contributed by atoms with Crippen molar-refractivity contribution in [1.82, 2.24) is 15.5 Å². The molecule has 2 heterocycles. The summed E-state index contributed by atoms with van der Waals surface area (Å²) >= 11 is 0. The molecule has 2 aromatic heterocycles. The molecule has 0 unspecified atom stereocenters. The van der Waals surface area contributed by atoms with E-state index < -0.39 is 5.91 Å². The van der Waals surface area contributed by atoms with Crippen LogP contribution in [0.15, 0.2) is 39.3 Å². The van der Waals surface area contributed by atoms with Gasteiger partial charge in [0.1, 0.15) is 11.5 Å². The molecule has 8 heteroatoms. The lowest BCUT2D eigenvalue weighted by Gasteiger charge is -2.04. The van der Waals surface area contributed by atoms with Crippen molar-refractivity contribution in [2.45, 2.75) is 27.2 Å². The summed E-state index contributed by atoms with van der Waals surface area (Å²) in [6, 6.07) is 9.36. The number of aryl methyl sites for hydroxylation is 3. The number of benzene rings is 1. The zero-order valence-electron chi connectivity index (χ0n) is 15.3. The molecule has 0 fully saturated rings. The Balaban J connectivity index is 1.54. The van der Waals surface area contributed by atoms with E-state index in [2.05, 4.69) is 20.8 Å². The summed E-state index contributed by atoms with van der Waals surface area (Å²) < 4.78 is 10.5. The number of nitrogens with zero attached hydrogens (tertiary/aromatic N) is 2. The maximum absolute atomic E-state index is 12.1. The number of amides is 2. The van der Waals surface area contributed by atoms with Gasteiger partial charge in [0.2, 0.25) is 17.7 Å². The number of anilines is 1. The van der Waals surface area contributed by atoms with Gasteiger partial charge in [-0.15, -0.1) is 0 Å². The molecule has 0 aliphatic heterocycles. The lowest BCUT2D eigenvalue weighted by Crippen LogP contribution is -2.34. The Kier molecular flexibility index (Phi) is 5.35. The first-order chi connectivity index (χ1) is 12.9. The first-order valence-corrected chi connectivity index (χ1v) is 8.44. The molecule has 1 aromatic carbocycles. The standard InChI is InChI=1S/C19H20N4O4/c1-11-4-6-14(7-5-11)19-21-15(13(3)26-19)9-17(24)20-10-18(25)22-16-8-12(2)27-23-16/h4-8H,9-10H2,1-3H3,(H,20,24)(H,22,23,25). The van der Waals surface area contributed by atoms with Gasteiger partial charge in [-0.1, -0.05) is 22.9 Å². The minimum atomic E-state index is -0.395. The van der Waals surface area contributed by atoms with Gasteiger partial charge >= 0.3 is 0 Å². The zero-order chi connectivity index (χ0) is 19.4. The van der Waals surface area contributed by atoms with E-state index in [1.807, 2.05) is 31.2 Å². The average Bonchev–Trinajstić information content (AvgIpc) is 3.19. The largest absolute Gasteiger partial charge is 0.441 e. The topological polar surface area (TPSA) is 110 Å². The molecule has 2 N–H and O–H groups in total. The summed E-state index contributed by atoms with van der Waals surface area (Å²) in [7, 11) is 0. The third-order valence-electron chi connectivity index (χ3n) is 3.86. The molecule has 0 radical (unpaired) electrons. The fourth-order valence-electron chi connectivity index (χ4n) is 2.42. The van der Waals surface area contributed by atoms with Crippen molar-refractivity contribution < 1.29 is 18.5 Å². The van der Waals surface area contributed by atoms with Crippen LogP contribution in [0.1, 0.15) is 22.8 Å². The molecule has 0 aliphatic carbocycles. The molecule has 2 amide bonds. The van der Waals surface area contributed by atoms with Gasteiger partial charge in [-0.05, 0) is 32.9 Å². The predicted molar refractivity (Wildman–Crippen MR) is 98.0 cm³/mol. The minimum absolute atomic E-state index is 0.0253. The second kappa shape index (κ2) is 7.86. The van der Waals surface area contributed by atoms with E-state index in [1.165, 1.54) is 0 Å². The summed E-state index contributed by atoms with van der Waals surface area (Å²) in [5.74, 6) is 1.21. The van der Waals surface area contributed by atoms with Crippen molar-refractivity contribution in [1.29, 1.82) is 0 Å². The van der Waals surface area contributed by atoms with Crippen LogP contribution < -0.4 is 10.6 Å². The van der Waals surface area contributed by atoms with Gasteiger partial charge in [-0.25, -0.2) is 4.98 Å². The number of rotatable bonds is 6. The highest BCUT2D eigenvalue weighted by atomic mass is 16.5.